The fraction of sp³-hybridized carbons (Fsp3) is 0.462. The first-order chi connectivity index (χ1) is 7.84. The van der Waals surface area contributed by atoms with E-state index in [0.717, 1.165) is 18.4 Å². The molecule has 0 spiro atoms. The van der Waals surface area contributed by atoms with Crippen LogP contribution in [0.5, 0.6) is 0 Å². The number of fused-ring (bicyclic) bond motifs is 1. The Bertz CT molecular complexity index is 390. The van der Waals surface area contributed by atoms with Gasteiger partial charge in [-0.15, -0.1) is 0 Å². The van der Waals surface area contributed by atoms with E-state index in [0.29, 0.717) is 12.0 Å². The van der Waals surface area contributed by atoms with Gasteiger partial charge in [-0.3, -0.25) is 0 Å². The molecular formula is C13H15NO2. The summed E-state index contributed by atoms with van der Waals surface area (Å²) >= 11 is 0. The first-order valence-corrected chi connectivity index (χ1v) is 5.87. The minimum absolute atomic E-state index is 0.0533. The van der Waals surface area contributed by atoms with Crippen LogP contribution in [-0.4, -0.2) is 12.1 Å². The molecular weight excluding hydrogens is 202 g/mol. The highest BCUT2D eigenvalue weighted by Gasteiger charge is 2.41. The molecule has 2 aliphatic rings. The van der Waals surface area contributed by atoms with Crippen LogP contribution >= 0.6 is 0 Å². The van der Waals surface area contributed by atoms with Gasteiger partial charge in [0.2, 0.25) is 0 Å². The second-order valence-corrected chi connectivity index (χ2v) is 4.58. The molecule has 1 saturated heterocycles. The van der Waals surface area contributed by atoms with Gasteiger partial charge in [-0.05, 0) is 18.4 Å². The second-order valence-electron chi connectivity index (χ2n) is 4.58. The minimum Gasteiger partial charge on any atom is -0.441 e. The molecule has 2 fully saturated rings. The zero-order chi connectivity index (χ0) is 11.0. The fourth-order valence-electron chi connectivity index (χ4n) is 2.88. The predicted molar refractivity (Wildman–Crippen MR) is 59.9 cm³/mol. The first-order valence-electron chi connectivity index (χ1n) is 5.87. The zero-order valence-electron chi connectivity index (χ0n) is 9.06. The number of benzene rings is 1. The summed E-state index contributed by atoms with van der Waals surface area (Å²) in [6.45, 7) is 0. The molecule has 0 radical (unpaired) electrons. The van der Waals surface area contributed by atoms with Gasteiger partial charge in [0.25, 0.3) is 0 Å². The smallest absolute Gasteiger partial charge is 0.407 e. The summed E-state index contributed by atoms with van der Waals surface area (Å²) < 4.78 is 5.44. The summed E-state index contributed by atoms with van der Waals surface area (Å²) in [5.41, 5.74) is 1.12. The summed E-state index contributed by atoms with van der Waals surface area (Å²) in [5, 5.41) is 2.92. The molecule has 3 unspecified atom stereocenters. The number of ether oxygens (including phenoxy) is 1. The van der Waals surface area contributed by atoms with Crippen LogP contribution in [0.3, 0.4) is 0 Å². The maximum Gasteiger partial charge on any atom is 0.407 e. The molecule has 0 aromatic heterocycles. The molecule has 1 saturated carbocycles. The van der Waals surface area contributed by atoms with Crippen molar-refractivity contribution < 1.29 is 9.53 Å². The Morgan fingerprint density at radius 3 is 2.81 bits per heavy atom. The SMILES string of the molecule is O=C1NC2CCCC2C(c2ccccc2)O1. The number of hydrogen-bond acceptors (Lipinski definition) is 2. The molecule has 1 aromatic rings. The van der Waals surface area contributed by atoms with Gasteiger partial charge < -0.3 is 10.1 Å². The summed E-state index contributed by atoms with van der Waals surface area (Å²) in [6, 6.07) is 10.4. The first kappa shape index (κ1) is 9.70. The lowest BCUT2D eigenvalue weighted by molar-refractivity contribution is 0.0237. The lowest BCUT2D eigenvalue weighted by Gasteiger charge is -2.34. The normalized spacial score (nSPS) is 32.8. The molecule has 3 nitrogen and oxygen atoms in total. The number of amides is 1. The van der Waals surface area contributed by atoms with E-state index in [2.05, 4.69) is 5.32 Å². The summed E-state index contributed by atoms with van der Waals surface area (Å²) in [5.74, 6) is 0.445. The van der Waals surface area contributed by atoms with Crippen LogP contribution < -0.4 is 5.32 Å². The van der Waals surface area contributed by atoms with Crippen molar-refractivity contribution in [3.05, 3.63) is 35.9 Å². The number of cyclic esters (lactones) is 1. The van der Waals surface area contributed by atoms with Gasteiger partial charge in [0, 0.05) is 12.0 Å². The second kappa shape index (κ2) is 3.81. The van der Waals surface area contributed by atoms with Crippen molar-refractivity contribution in [3.63, 3.8) is 0 Å². The molecule has 1 heterocycles. The summed E-state index contributed by atoms with van der Waals surface area (Å²) in [6.07, 6.45) is 3.09. The fourth-order valence-corrected chi connectivity index (χ4v) is 2.88. The predicted octanol–water partition coefficient (Wildman–Crippen LogP) is 2.64. The van der Waals surface area contributed by atoms with Crippen LogP contribution in [0.1, 0.15) is 30.9 Å². The number of rotatable bonds is 1. The number of hydrogen-bond donors (Lipinski definition) is 1. The van der Waals surface area contributed by atoms with E-state index in [1.165, 1.54) is 6.42 Å². The van der Waals surface area contributed by atoms with E-state index in [4.69, 9.17) is 4.74 Å². The topological polar surface area (TPSA) is 38.3 Å². The van der Waals surface area contributed by atoms with Crippen molar-refractivity contribution in [1.29, 1.82) is 0 Å². The lowest BCUT2D eigenvalue weighted by Crippen LogP contribution is -2.46. The Labute approximate surface area is 94.8 Å². The van der Waals surface area contributed by atoms with Crippen molar-refractivity contribution in [2.75, 3.05) is 0 Å². The molecule has 3 heteroatoms. The molecule has 1 aromatic carbocycles. The molecule has 16 heavy (non-hydrogen) atoms. The van der Waals surface area contributed by atoms with Crippen molar-refractivity contribution in [2.24, 2.45) is 5.92 Å². The molecule has 0 bridgehead atoms. The van der Waals surface area contributed by atoms with Crippen LogP contribution in [0.4, 0.5) is 4.79 Å². The third kappa shape index (κ3) is 1.56. The monoisotopic (exact) mass is 217 g/mol. The Hall–Kier alpha value is -1.51. The van der Waals surface area contributed by atoms with Gasteiger partial charge in [0.15, 0.2) is 0 Å². The number of carbonyl (C=O) groups excluding carboxylic acids is 1. The minimum atomic E-state index is -0.267. The molecule has 1 aliphatic carbocycles. The van der Waals surface area contributed by atoms with Crippen LogP contribution in [0.15, 0.2) is 30.3 Å². The highest BCUT2D eigenvalue weighted by Crippen LogP contribution is 2.40. The maximum atomic E-state index is 11.5. The van der Waals surface area contributed by atoms with Crippen molar-refractivity contribution in [1.82, 2.24) is 5.32 Å². The molecule has 1 N–H and O–H groups in total. The average molecular weight is 217 g/mol. The molecule has 84 valence electrons. The Morgan fingerprint density at radius 2 is 2.00 bits per heavy atom. The van der Waals surface area contributed by atoms with Crippen LogP contribution in [0, 0.1) is 5.92 Å². The molecule has 1 aliphatic heterocycles. The van der Waals surface area contributed by atoms with E-state index < -0.39 is 0 Å². The maximum absolute atomic E-state index is 11.5. The van der Waals surface area contributed by atoms with Crippen LogP contribution in [-0.2, 0) is 4.74 Å². The van der Waals surface area contributed by atoms with E-state index in [9.17, 15) is 4.79 Å². The molecule has 1 amide bonds. The summed E-state index contributed by atoms with van der Waals surface area (Å²) in [4.78, 5) is 11.5. The highest BCUT2D eigenvalue weighted by atomic mass is 16.6. The third-order valence-corrected chi connectivity index (χ3v) is 3.62. The Kier molecular flexibility index (Phi) is 2.31. The van der Waals surface area contributed by atoms with Crippen LogP contribution in [0.2, 0.25) is 0 Å². The van der Waals surface area contributed by atoms with Gasteiger partial charge in [0.05, 0.1) is 0 Å². The number of carbonyl (C=O) groups is 1. The van der Waals surface area contributed by atoms with E-state index >= 15 is 0 Å². The Morgan fingerprint density at radius 1 is 1.19 bits per heavy atom. The third-order valence-electron chi connectivity index (χ3n) is 3.62. The van der Waals surface area contributed by atoms with Crippen LogP contribution in [0.25, 0.3) is 0 Å². The number of alkyl carbamates (subject to hydrolysis) is 1. The van der Waals surface area contributed by atoms with E-state index in [1.807, 2.05) is 30.3 Å². The van der Waals surface area contributed by atoms with Crippen molar-refractivity contribution in [2.45, 2.75) is 31.4 Å². The van der Waals surface area contributed by atoms with Gasteiger partial charge >= 0.3 is 6.09 Å². The molecule has 3 atom stereocenters. The van der Waals surface area contributed by atoms with E-state index in [1.54, 1.807) is 0 Å². The quantitative estimate of drug-likeness (QED) is 0.785. The van der Waals surface area contributed by atoms with Gasteiger partial charge in [-0.1, -0.05) is 36.8 Å². The standard InChI is InChI=1S/C13H15NO2/c15-13-14-11-8-4-7-10(11)12(16-13)9-5-2-1-3-6-9/h1-3,5-6,10-12H,4,7-8H2,(H,14,15). The molecule has 3 rings (SSSR count). The Balaban J connectivity index is 1.90. The van der Waals surface area contributed by atoms with Crippen molar-refractivity contribution in [3.8, 4) is 0 Å². The lowest BCUT2D eigenvalue weighted by atomic mass is 9.90. The van der Waals surface area contributed by atoms with Gasteiger partial charge in [-0.25, -0.2) is 4.79 Å². The van der Waals surface area contributed by atoms with Gasteiger partial charge in [-0.2, -0.15) is 0 Å². The highest BCUT2D eigenvalue weighted by molar-refractivity contribution is 5.69. The summed E-state index contributed by atoms with van der Waals surface area (Å²) in [7, 11) is 0. The number of nitrogens with one attached hydrogen (secondary N) is 1. The zero-order valence-corrected chi connectivity index (χ0v) is 9.06. The van der Waals surface area contributed by atoms with Gasteiger partial charge in [0.1, 0.15) is 6.10 Å². The van der Waals surface area contributed by atoms with E-state index in [-0.39, 0.29) is 12.2 Å². The largest absolute Gasteiger partial charge is 0.441 e. The average Bonchev–Trinajstić information content (AvgIpc) is 2.77. The van der Waals surface area contributed by atoms with Crippen molar-refractivity contribution >= 4 is 6.09 Å².